The lowest BCUT2D eigenvalue weighted by Crippen LogP contribution is -2.51. The maximum absolute atomic E-state index is 12.2. The Hall–Kier alpha value is -0.610. The van der Waals surface area contributed by atoms with E-state index < -0.39 is 0 Å². The SMILES string of the molecule is CCCN1CCC(NC(C)C(=O)N(CC)CC)CC1. The van der Waals surface area contributed by atoms with Crippen LogP contribution < -0.4 is 5.32 Å². The lowest BCUT2D eigenvalue weighted by atomic mass is 10.0. The molecule has 0 aromatic carbocycles. The van der Waals surface area contributed by atoms with Crippen LogP contribution in [0.2, 0.25) is 0 Å². The fourth-order valence-corrected chi connectivity index (χ4v) is 2.87. The molecule has 1 heterocycles. The summed E-state index contributed by atoms with van der Waals surface area (Å²) in [6.45, 7) is 13.4. The topological polar surface area (TPSA) is 35.6 Å². The minimum absolute atomic E-state index is 0.0531. The smallest absolute Gasteiger partial charge is 0.239 e. The average molecular weight is 269 g/mol. The molecule has 1 N–H and O–H groups in total. The lowest BCUT2D eigenvalue weighted by molar-refractivity contribution is -0.132. The molecule has 4 heteroatoms. The minimum Gasteiger partial charge on any atom is -0.342 e. The summed E-state index contributed by atoms with van der Waals surface area (Å²) in [5.41, 5.74) is 0. The number of amides is 1. The maximum Gasteiger partial charge on any atom is 0.239 e. The van der Waals surface area contributed by atoms with Gasteiger partial charge in [-0.25, -0.2) is 0 Å². The minimum atomic E-state index is -0.0531. The molecule has 112 valence electrons. The number of piperidine rings is 1. The number of carbonyl (C=O) groups is 1. The lowest BCUT2D eigenvalue weighted by Gasteiger charge is -2.34. The first kappa shape index (κ1) is 16.4. The zero-order valence-corrected chi connectivity index (χ0v) is 13.1. The Bertz CT molecular complexity index is 258. The molecule has 19 heavy (non-hydrogen) atoms. The van der Waals surface area contributed by atoms with Crippen molar-refractivity contribution in [3.63, 3.8) is 0 Å². The van der Waals surface area contributed by atoms with E-state index in [2.05, 4.69) is 17.1 Å². The Morgan fingerprint density at radius 2 is 1.84 bits per heavy atom. The second kappa shape index (κ2) is 8.54. The van der Waals surface area contributed by atoms with Crippen LogP contribution in [0.1, 0.15) is 47.0 Å². The van der Waals surface area contributed by atoms with Crippen LogP contribution in [-0.4, -0.2) is 60.5 Å². The van der Waals surface area contributed by atoms with Crippen LogP contribution in [0, 0.1) is 0 Å². The number of likely N-dealkylation sites (N-methyl/N-ethyl adjacent to an activating group) is 1. The van der Waals surface area contributed by atoms with E-state index in [1.165, 1.54) is 13.0 Å². The van der Waals surface area contributed by atoms with Crippen molar-refractivity contribution >= 4 is 5.91 Å². The Morgan fingerprint density at radius 3 is 2.32 bits per heavy atom. The van der Waals surface area contributed by atoms with Gasteiger partial charge in [-0.15, -0.1) is 0 Å². The van der Waals surface area contributed by atoms with Crippen LogP contribution in [0.15, 0.2) is 0 Å². The highest BCUT2D eigenvalue weighted by Crippen LogP contribution is 2.11. The number of hydrogen-bond donors (Lipinski definition) is 1. The zero-order chi connectivity index (χ0) is 14.3. The van der Waals surface area contributed by atoms with Crippen molar-refractivity contribution in [3.05, 3.63) is 0 Å². The van der Waals surface area contributed by atoms with Gasteiger partial charge in [0.25, 0.3) is 0 Å². The number of nitrogens with one attached hydrogen (secondary N) is 1. The number of nitrogens with zero attached hydrogens (tertiary/aromatic N) is 2. The van der Waals surface area contributed by atoms with E-state index in [9.17, 15) is 4.79 Å². The van der Waals surface area contributed by atoms with Crippen molar-refractivity contribution in [3.8, 4) is 0 Å². The van der Waals surface area contributed by atoms with Crippen molar-refractivity contribution in [2.45, 2.75) is 59.0 Å². The van der Waals surface area contributed by atoms with Gasteiger partial charge in [-0.05, 0) is 59.7 Å². The van der Waals surface area contributed by atoms with E-state index in [0.29, 0.717) is 6.04 Å². The molecule has 4 nitrogen and oxygen atoms in total. The molecule has 0 aliphatic carbocycles. The van der Waals surface area contributed by atoms with Crippen LogP contribution in [0.4, 0.5) is 0 Å². The molecular weight excluding hydrogens is 238 g/mol. The first-order chi connectivity index (χ1) is 9.12. The van der Waals surface area contributed by atoms with Crippen molar-refractivity contribution in [2.24, 2.45) is 0 Å². The molecule has 1 rings (SSSR count). The maximum atomic E-state index is 12.2. The van der Waals surface area contributed by atoms with Crippen LogP contribution >= 0.6 is 0 Å². The molecule has 1 amide bonds. The van der Waals surface area contributed by atoms with Crippen LogP contribution in [-0.2, 0) is 4.79 Å². The van der Waals surface area contributed by atoms with Crippen LogP contribution in [0.3, 0.4) is 0 Å². The second-order valence-electron chi connectivity index (χ2n) is 5.51. The number of likely N-dealkylation sites (tertiary alicyclic amines) is 1. The Kier molecular flexibility index (Phi) is 7.39. The molecule has 0 aromatic rings. The second-order valence-corrected chi connectivity index (χ2v) is 5.51. The first-order valence-corrected chi connectivity index (χ1v) is 7.89. The third kappa shape index (κ3) is 5.11. The molecule has 1 aliphatic rings. The van der Waals surface area contributed by atoms with Crippen molar-refractivity contribution in [2.75, 3.05) is 32.7 Å². The Labute approximate surface area is 118 Å². The predicted octanol–water partition coefficient (Wildman–Crippen LogP) is 1.71. The molecule has 1 saturated heterocycles. The van der Waals surface area contributed by atoms with Gasteiger partial charge in [-0.1, -0.05) is 6.92 Å². The monoisotopic (exact) mass is 269 g/mol. The molecule has 0 bridgehead atoms. The van der Waals surface area contributed by atoms with E-state index in [1.54, 1.807) is 0 Å². The van der Waals surface area contributed by atoms with Gasteiger partial charge in [0.2, 0.25) is 5.91 Å². The number of rotatable bonds is 7. The Morgan fingerprint density at radius 1 is 1.26 bits per heavy atom. The van der Waals surface area contributed by atoms with Gasteiger partial charge in [0, 0.05) is 19.1 Å². The van der Waals surface area contributed by atoms with Gasteiger partial charge in [0.15, 0.2) is 0 Å². The summed E-state index contributed by atoms with van der Waals surface area (Å²) in [4.78, 5) is 16.6. The summed E-state index contributed by atoms with van der Waals surface area (Å²) in [5.74, 6) is 0.237. The molecule has 1 fully saturated rings. The average Bonchev–Trinajstić information content (AvgIpc) is 2.42. The highest BCUT2D eigenvalue weighted by atomic mass is 16.2. The third-order valence-electron chi connectivity index (χ3n) is 4.06. The van der Waals surface area contributed by atoms with Crippen molar-refractivity contribution in [1.82, 2.24) is 15.1 Å². The summed E-state index contributed by atoms with van der Waals surface area (Å²) < 4.78 is 0. The van der Waals surface area contributed by atoms with E-state index in [1.807, 2.05) is 25.7 Å². The van der Waals surface area contributed by atoms with Crippen LogP contribution in [0.5, 0.6) is 0 Å². The zero-order valence-electron chi connectivity index (χ0n) is 13.1. The molecule has 0 spiro atoms. The quantitative estimate of drug-likeness (QED) is 0.764. The van der Waals surface area contributed by atoms with Crippen molar-refractivity contribution in [1.29, 1.82) is 0 Å². The van der Waals surface area contributed by atoms with E-state index >= 15 is 0 Å². The molecule has 1 aliphatic heterocycles. The normalized spacial score (nSPS) is 19.4. The van der Waals surface area contributed by atoms with E-state index in [-0.39, 0.29) is 11.9 Å². The van der Waals surface area contributed by atoms with Crippen molar-refractivity contribution < 1.29 is 4.79 Å². The largest absolute Gasteiger partial charge is 0.342 e. The standard InChI is InChI=1S/C15H31N3O/c1-5-10-17-11-8-14(9-12-17)16-13(4)15(19)18(6-2)7-3/h13-14,16H,5-12H2,1-4H3. The highest BCUT2D eigenvalue weighted by molar-refractivity contribution is 5.81. The van der Waals surface area contributed by atoms with Gasteiger partial charge < -0.3 is 15.1 Å². The van der Waals surface area contributed by atoms with Gasteiger partial charge in [-0.3, -0.25) is 4.79 Å². The van der Waals surface area contributed by atoms with E-state index in [0.717, 1.165) is 39.0 Å². The number of carbonyl (C=O) groups excluding carboxylic acids is 1. The molecule has 1 unspecified atom stereocenters. The fourth-order valence-electron chi connectivity index (χ4n) is 2.87. The highest BCUT2D eigenvalue weighted by Gasteiger charge is 2.24. The molecule has 0 saturated carbocycles. The number of hydrogen-bond acceptors (Lipinski definition) is 3. The van der Waals surface area contributed by atoms with Gasteiger partial charge >= 0.3 is 0 Å². The van der Waals surface area contributed by atoms with Gasteiger partial charge in [0.1, 0.15) is 0 Å². The summed E-state index contributed by atoms with van der Waals surface area (Å²) in [7, 11) is 0. The molecule has 1 atom stereocenters. The first-order valence-electron chi connectivity index (χ1n) is 7.89. The summed E-state index contributed by atoms with van der Waals surface area (Å²) in [5, 5.41) is 3.51. The Balaban J connectivity index is 2.33. The molecule has 0 radical (unpaired) electrons. The molecular formula is C15H31N3O. The van der Waals surface area contributed by atoms with Crippen LogP contribution in [0.25, 0.3) is 0 Å². The predicted molar refractivity (Wildman–Crippen MR) is 80.3 cm³/mol. The fraction of sp³-hybridized carbons (Fsp3) is 0.933. The molecule has 0 aromatic heterocycles. The van der Waals surface area contributed by atoms with Gasteiger partial charge in [-0.2, -0.15) is 0 Å². The van der Waals surface area contributed by atoms with Gasteiger partial charge in [0.05, 0.1) is 6.04 Å². The summed E-state index contributed by atoms with van der Waals surface area (Å²) in [6, 6.07) is 0.449. The summed E-state index contributed by atoms with van der Waals surface area (Å²) in [6.07, 6.45) is 3.56. The third-order valence-corrected chi connectivity index (χ3v) is 4.06. The van der Waals surface area contributed by atoms with E-state index in [4.69, 9.17) is 0 Å². The summed E-state index contributed by atoms with van der Waals surface area (Å²) >= 11 is 0.